The van der Waals surface area contributed by atoms with E-state index < -0.39 is 11.9 Å². The topological polar surface area (TPSA) is 37.3 Å². The third kappa shape index (κ3) is 3.48. The van der Waals surface area contributed by atoms with Gasteiger partial charge in [0.15, 0.2) is 0 Å². The summed E-state index contributed by atoms with van der Waals surface area (Å²) >= 11 is 3.49. The second kappa shape index (κ2) is 6.23. The molecule has 0 aliphatic rings. The largest absolute Gasteiger partial charge is 0.481 e. The first-order valence-corrected chi connectivity index (χ1v) is 7.33. The number of halogens is 1. The highest BCUT2D eigenvalue weighted by Gasteiger charge is 2.13. The molecule has 104 valence electrons. The van der Waals surface area contributed by atoms with Gasteiger partial charge in [-0.05, 0) is 54.7 Å². The Morgan fingerprint density at radius 1 is 1.25 bits per heavy atom. The first-order chi connectivity index (χ1) is 9.47. The van der Waals surface area contributed by atoms with Crippen molar-refractivity contribution in [1.82, 2.24) is 0 Å². The fourth-order valence-electron chi connectivity index (χ4n) is 2.17. The molecule has 0 radical (unpaired) electrons. The van der Waals surface area contributed by atoms with Gasteiger partial charge in [0.05, 0.1) is 5.92 Å². The van der Waals surface area contributed by atoms with Crippen molar-refractivity contribution in [2.45, 2.75) is 26.2 Å². The second-order valence-electron chi connectivity index (χ2n) is 5.05. The smallest absolute Gasteiger partial charge is 0.310 e. The molecular formula is C17H17BrO2. The van der Waals surface area contributed by atoms with Crippen LogP contribution in [0.3, 0.4) is 0 Å². The average molecular weight is 333 g/mol. The molecule has 1 N–H and O–H groups in total. The Kier molecular flexibility index (Phi) is 4.61. The van der Waals surface area contributed by atoms with E-state index >= 15 is 0 Å². The van der Waals surface area contributed by atoms with Crippen LogP contribution >= 0.6 is 15.9 Å². The summed E-state index contributed by atoms with van der Waals surface area (Å²) < 4.78 is 1.06. The molecular weight excluding hydrogens is 316 g/mol. The molecule has 1 atom stereocenters. The molecule has 0 saturated heterocycles. The third-order valence-corrected chi connectivity index (χ3v) is 4.02. The Labute approximate surface area is 127 Å². The predicted molar refractivity (Wildman–Crippen MR) is 84.2 cm³/mol. The predicted octanol–water partition coefficient (Wildman–Crippen LogP) is 4.54. The van der Waals surface area contributed by atoms with E-state index in [0.717, 1.165) is 22.0 Å². The molecule has 0 aliphatic carbocycles. The minimum absolute atomic E-state index is 0.474. The van der Waals surface area contributed by atoms with Gasteiger partial charge in [-0.1, -0.05) is 46.3 Å². The van der Waals surface area contributed by atoms with Crippen LogP contribution in [-0.2, 0) is 11.2 Å². The molecule has 0 spiro atoms. The van der Waals surface area contributed by atoms with Crippen molar-refractivity contribution in [2.24, 2.45) is 0 Å². The van der Waals surface area contributed by atoms with Gasteiger partial charge in [0.25, 0.3) is 0 Å². The van der Waals surface area contributed by atoms with Gasteiger partial charge in [-0.15, -0.1) is 0 Å². The number of hydrogen-bond donors (Lipinski definition) is 1. The van der Waals surface area contributed by atoms with Gasteiger partial charge >= 0.3 is 5.97 Å². The van der Waals surface area contributed by atoms with Crippen molar-refractivity contribution in [3.8, 4) is 0 Å². The lowest BCUT2D eigenvalue weighted by Crippen LogP contribution is -2.07. The molecule has 0 saturated carbocycles. The molecule has 20 heavy (non-hydrogen) atoms. The lowest BCUT2D eigenvalue weighted by Gasteiger charge is -2.10. The van der Waals surface area contributed by atoms with E-state index in [0.29, 0.717) is 0 Å². The van der Waals surface area contributed by atoms with Crippen molar-refractivity contribution in [3.05, 3.63) is 69.2 Å². The van der Waals surface area contributed by atoms with E-state index in [1.54, 1.807) is 6.92 Å². The maximum absolute atomic E-state index is 11.1. The van der Waals surface area contributed by atoms with Gasteiger partial charge in [-0.25, -0.2) is 0 Å². The molecule has 0 bridgehead atoms. The molecule has 0 fully saturated rings. The summed E-state index contributed by atoms with van der Waals surface area (Å²) in [6.45, 7) is 3.80. The minimum atomic E-state index is -0.791. The fraction of sp³-hybridized carbons (Fsp3) is 0.235. The maximum Gasteiger partial charge on any atom is 0.310 e. The minimum Gasteiger partial charge on any atom is -0.481 e. The van der Waals surface area contributed by atoms with Gasteiger partial charge in [0, 0.05) is 4.47 Å². The normalized spacial score (nSPS) is 12.2. The van der Waals surface area contributed by atoms with E-state index in [2.05, 4.69) is 35.0 Å². The highest BCUT2D eigenvalue weighted by molar-refractivity contribution is 9.10. The molecule has 0 aliphatic heterocycles. The summed E-state index contributed by atoms with van der Waals surface area (Å²) in [5.74, 6) is -1.26. The van der Waals surface area contributed by atoms with Crippen molar-refractivity contribution >= 4 is 21.9 Å². The van der Waals surface area contributed by atoms with Gasteiger partial charge in [0.2, 0.25) is 0 Å². The summed E-state index contributed by atoms with van der Waals surface area (Å²) in [6, 6.07) is 14.1. The van der Waals surface area contributed by atoms with Crippen LogP contribution < -0.4 is 0 Å². The molecule has 0 heterocycles. The van der Waals surface area contributed by atoms with Crippen molar-refractivity contribution < 1.29 is 9.90 Å². The summed E-state index contributed by atoms with van der Waals surface area (Å²) in [7, 11) is 0. The number of carboxylic acid groups (broad SMARTS) is 1. The molecule has 0 amide bonds. The van der Waals surface area contributed by atoms with Crippen LogP contribution in [0.1, 0.15) is 35.1 Å². The van der Waals surface area contributed by atoms with Crippen LogP contribution in [0.2, 0.25) is 0 Å². The molecule has 3 heteroatoms. The number of aliphatic carboxylic acids is 1. The summed E-state index contributed by atoms with van der Waals surface area (Å²) in [4.78, 5) is 11.1. The van der Waals surface area contributed by atoms with Gasteiger partial charge in [-0.2, -0.15) is 0 Å². The molecule has 2 rings (SSSR count). The summed E-state index contributed by atoms with van der Waals surface area (Å²) in [6.07, 6.45) is 0.811. The summed E-state index contributed by atoms with van der Waals surface area (Å²) in [5.41, 5.74) is 4.48. The maximum atomic E-state index is 11.1. The Morgan fingerprint density at radius 3 is 2.70 bits per heavy atom. The molecule has 2 aromatic rings. The molecule has 2 nitrogen and oxygen atoms in total. The Bertz CT molecular complexity index is 635. The Balaban J connectivity index is 2.28. The van der Waals surface area contributed by atoms with E-state index in [1.165, 1.54) is 11.1 Å². The quantitative estimate of drug-likeness (QED) is 0.892. The molecule has 2 aromatic carbocycles. The van der Waals surface area contributed by atoms with Gasteiger partial charge < -0.3 is 5.11 Å². The van der Waals surface area contributed by atoms with Crippen LogP contribution in [0.15, 0.2) is 46.9 Å². The van der Waals surface area contributed by atoms with Crippen molar-refractivity contribution in [2.75, 3.05) is 0 Å². The number of rotatable bonds is 4. The zero-order valence-electron chi connectivity index (χ0n) is 11.6. The monoisotopic (exact) mass is 332 g/mol. The Hall–Kier alpha value is -1.61. The van der Waals surface area contributed by atoms with Crippen LogP contribution in [0.5, 0.6) is 0 Å². The summed E-state index contributed by atoms with van der Waals surface area (Å²) in [5, 5.41) is 9.09. The number of carbonyl (C=O) groups is 1. The average Bonchev–Trinajstić information content (AvgIpc) is 2.42. The first-order valence-electron chi connectivity index (χ1n) is 6.54. The second-order valence-corrected chi connectivity index (χ2v) is 5.97. The lowest BCUT2D eigenvalue weighted by atomic mass is 9.95. The van der Waals surface area contributed by atoms with Crippen LogP contribution in [0.25, 0.3) is 0 Å². The highest BCUT2D eigenvalue weighted by Crippen LogP contribution is 2.22. The SMILES string of the molecule is Cc1ccc(Br)cc1Cc1cccc(C(C)C(=O)O)c1. The zero-order valence-corrected chi connectivity index (χ0v) is 13.1. The van der Waals surface area contributed by atoms with Crippen LogP contribution in [0.4, 0.5) is 0 Å². The van der Waals surface area contributed by atoms with E-state index in [4.69, 9.17) is 5.11 Å². The first kappa shape index (κ1) is 14.8. The molecule has 1 unspecified atom stereocenters. The van der Waals surface area contributed by atoms with Crippen molar-refractivity contribution in [1.29, 1.82) is 0 Å². The third-order valence-electron chi connectivity index (χ3n) is 3.53. The lowest BCUT2D eigenvalue weighted by molar-refractivity contribution is -0.138. The molecule has 0 aromatic heterocycles. The fourth-order valence-corrected chi connectivity index (χ4v) is 2.57. The number of hydrogen-bond acceptors (Lipinski definition) is 1. The van der Waals surface area contributed by atoms with Gasteiger partial charge in [0.1, 0.15) is 0 Å². The van der Waals surface area contributed by atoms with E-state index in [-0.39, 0.29) is 0 Å². The standard InChI is InChI=1S/C17H17BrO2/c1-11-6-7-16(18)10-15(11)9-13-4-3-5-14(8-13)12(2)17(19)20/h3-8,10,12H,9H2,1-2H3,(H,19,20). The van der Waals surface area contributed by atoms with Gasteiger partial charge in [-0.3, -0.25) is 4.79 Å². The van der Waals surface area contributed by atoms with Crippen molar-refractivity contribution in [3.63, 3.8) is 0 Å². The van der Waals surface area contributed by atoms with Crippen LogP contribution in [-0.4, -0.2) is 11.1 Å². The van der Waals surface area contributed by atoms with E-state index in [1.807, 2.05) is 30.3 Å². The Morgan fingerprint density at radius 2 is 2.00 bits per heavy atom. The van der Waals surface area contributed by atoms with E-state index in [9.17, 15) is 4.79 Å². The number of carboxylic acids is 1. The van der Waals surface area contributed by atoms with Crippen LogP contribution in [0, 0.1) is 6.92 Å². The number of aryl methyl sites for hydroxylation is 1. The zero-order chi connectivity index (χ0) is 14.7. The highest BCUT2D eigenvalue weighted by atomic mass is 79.9. The number of benzene rings is 2.